The molecule has 0 aliphatic carbocycles. The van der Waals surface area contributed by atoms with E-state index >= 15 is 0 Å². The Morgan fingerprint density at radius 2 is 2.03 bits per heavy atom. The quantitative estimate of drug-likeness (QED) is 0.299. The number of aryl methyl sites for hydroxylation is 1. The Morgan fingerprint density at radius 1 is 1.31 bits per heavy atom. The van der Waals surface area contributed by atoms with Crippen LogP contribution in [0.15, 0.2) is 36.5 Å². The first-order valence-electron chi connectivity index (χ1n) is 12.0. The standard InChI is InChI=1S/C23H35N5O7S/c1-3-15(2)20(24)23(31)26-36(32,33)35-14-19-22(30)21(29)17(13-34-19)10-7-11-28-12-18(25-27-28)16-8-5-4-6-9-16/h4-6,8-9,12,15,17,19-22,29-30H,3,7,10-11,13-14,24H2,1-2H3,(H,26,31)/t15-,17+,19+,20-,21-,22+/m0/s1. The SMILES string of the molecule is CC[C@H](C)[C@H](N)C(=O)NS(=O)(=O)OC[C@H]1OC[C@@H](CCCn2cc(-c3ccccc3)nn2)[C@H](O)[C@@H]1O. The minimum absolute atomic E-state index is 0.115. The highest BCUT2D eigenvalue weighted by Gasteiger charge is 2.39. The molecule has 0 unspecified atom stereocenters. The van der Waals surface area contributed by atoms with Crippen LogP contribution >= 0.6 is 0 Å². The van der Waals surface area contributed by atoms with Gasteiger partial charge in [0.2, 0.25) is 0 Å². The van der Waals surface area contributed by atoms with E-state index in [1.165, 1.54) is 0 Å². The number of aliphatic hydroxyl groups is 2. The molecule has 36 heavy (non-hydrogen) atoms. The molecule has 1 saturated heterocycles. The lowest BCUT2D eigenvalue weighted by Gasteiger charge is -2.37. The Hall–Kier alpha value is -2.42. The van der Waals surface area contributed by atoms with Crippen molar-refractivity contribution in [3.63, 3.8) is 0 Å². The molecule has 1 aromatic carbocycles. The van der Waals surface area contributed by atoms with Gasteiger partial charge in [-0.05, 0) is 18.8 Å². The van der Waals surface area contributed by atoms with E-state index in [4.69, 9.17) is 14.7 Å². The predicted octanol–water partition coefficient (Wildman–Crippen LogP) is 0.213. The lowest BCUT2D eigenvalue weighted by atomic mass is 9.89. The maximum atomic E-state index is 12.1. The van der Waals surface area contributed by atoms with Gasteiger partial charge < -0.3 is 20.7 Å². The lowest BCUT2D eigenvalue weighted by Crippen LogP contribution is -2.52. The van der Waals surface area contributed by atoms with Gasteiger partial charge in [0.15, 0.2) is 0 Å². The Morgan fingerprint density at radius 3 is 2.72 bits per heavy atom. The fourth-order valence-corrected chi connectivity index (χ4v) is 4.65. The number of aromatic nitrogens is 3. The molecule has 1 aliphatic rings. The molecule has 12 nitrogen and oxygen atoms in total. The molecule has 5 N–H and O–H groups in total. The summed E-state index contributed by atoms with van der Waals surface area (Å²) in [5.74, 6) is -1.44. The van der Waals surface area contributed by atoms with E-state index < -0.39 is 47.2 Å². The zero-order chi connectivity index (χ0) is 26.3. The number of nitrogens with two attached hydrogens (primary N) is 1. The van der Waals surface area contributed by atoms with Gasteiger partial charge in [0.1, 0.15) is 17.9 Å². The van der Waals surface area contributed by atoms with Crippen molar-refractivity contribution in [1.82, 2.24) is 19.7 Å². The van der Waals surface area contributed by atoms with Crippen LogP contribution in [0.1, 0.15) is 33.1 Å². The van der Waals surface area contributed by atoms with E-state index in [-0.39, 0.29) is 18.4 Å². The van der Waals surface area contributed by atoms with Crippen LogP contribution in [0.25, 0.3) is 11.3 Å². The predicted molar refractivity (Wildman–Crippen MR) is 130 cm³/mol. The zero-order valence-corrected chi connectivity index (χ0v) is 21.3. The van der Waals surface area contributed by atoms with E-state index in [0.29, 0.717) is 25.8 Å². The van der Waals surface area contributed by atoms with Crippen molar-refractivity contribution >= 4 is 16.2 Å². The summed E-state index contributed by atoms with van der Waals surface area (Å²) in [7, 11) is -4.45. The van der Waals surface area contributed by atoms with Crippen LogP contribution < -0.4 is 10.5 Å². The van der Waals surface area contributed by atoms with Crippen LogP contribution in [0, 0.1) is 11.8 Å². The Bertz CT molecular complexity index is 1080. The molecule has 0 bridgehead atoms. The average molecular weight is 526 g/mol. The number of benzene rings is 1. The molecular formula is C23H35N5O7S. The van der Waals surface area contributed by atoms with Crippen LogP contribution in [-0.2, 0) is 30.6 Å². The molecule has 2 heterocycles. The fourth-order valence-electron chi connectivity index (χ4n) is 3.90. The molecule has 6 atom stereocenters. The fraction of sp³-hybridized carbons (Fsp3) is 0.609. The Balaban J connectivity index is 1.43. The summed E-state index contributed by atoms with van der Waals surface area (Å²) in [4.78, 5) is 12.0. The first-order chi connectivity index (χ1) is 17.1. The molecule has 0 spiro atoms. The number of carbonyl (C=O) groups is 1. The number of carbonyl (C=O) groups excluding carboxylic acids is 1. The van der Waals surface area contributed by atoms with Crippen LogP contribution in [0.4, 0.5) is 0 Å². The molecule has 1 aromatic heterocycles. The number of ether oxygens (including phenoxy) is 1. The maximum Gasteiger partial charge on any atom is 0.362 e. The van der Waals surface area contributed by atoms with Gasteiger partial charge in [0.25, 0.3) is 5.91 Å². The number of rotatable bonds is 12. The maximum absolute atomic E-state index is 12.1. The molecule has 13 heteroatoms. The second kappa shape index (κ2) is 12.7. The number of hydrogen-bond donors (Lipinski definition) is 4. The van der Waals surface area contributed by atoms with Gasteiger partial charge in [-0.2, -0.15) is 8.42 Å². The van der Waals surface area contributed by atoms with Crippen LogP contribution in [0.5, 0.6) is 0 Å². The summed E-state index contributed by atoms with van der Waals surface area (Å²) in [6, 6.07) is 8.68. The van der Waals surface area contributed by atoms with E-state index in [1.54, 1.807) is 16.3 Å². The van der Waals surface area contributed by atoms with Crippen molar-refractivity contribution in [3.05, 3.63) is 36.5 Å². The highest BCUT2D eigenvalue weighted by atomic mass is 32.2. The van der Waals surface area contributed by atoms with Crippen LogP contribution in [0.3, 0.4) is 0 Å². The largest absolute Gasteiger partial charge is 0.390 e. The number of aliphatic hydroxyl groups excluding tert-OH is 2. The summed E-state index contributed by atoms with van der Waals surface area (Å²) < 4.78 is 38.1. The van der Waals surface area contributed by atoms with Gasteiger partial charge in [-0.15, -0.1) is 5.10 Å². The van der Waals surface area contributed by atoms with Crippen LogP contribution in [-0.4, -0.2) is 77.1 Å². The number of amides is 1. The molecule has 1 amide bonds. The highest BCUT2D eigenvalue weighted by molar-refractivity contribution is 7.85. The van der Waals surface area contributed by atoms with E-state index in [9.17, 15) is 23.4 Å². The van der Waals surface area contributed by atoms with E-state index in [2.05, 4.69) is 10.3 Å². The van der Waals surface area contributed by atoms with Gasteiger partial charge >= 0.3 is 10.3 Å². The Kier molecular flexibility index (Phi) is 9.93. The van der Waals surface area contributed by atoms with Crippen molar-refractivity contribution < 1.29 is 32.3 Å². The third kappa shape index (κ3) is 7.54. The highest BCUT2D eigenvalue weighted by Crippen LogP contribution is 2.25. The van der Waals surface area contributed by atoms with Crippen LogP contribution in [0.2, 0.25) is 0 Å². The molecule has 2 aromatic rings. The first-order valence-corrected chi connectivity index (χ1v) is 13.4. The molecule has 1 aliphatic heterocycles. The molecular weight excluding hydrogens is 490 g/mol. The minimum atomic E-state index is -4.45. The summed E-state index contributed by atoms with van der Waals surface area (Å²) in [5, 5.41) is 29.3. The number of hydrogen-bond acceptors (Lipinski definition) is 10. The third-order valence-electron chi connectivity index (χ3n) is 6.48. The normalized spacial score (nSPS) is 24.2. The van der Waals surface area contributed by atoms with Crippen molar-refractivity contribution in [1.29, 1.82) is 0 Å². The molecule has 0 radical (unpaired) electrons. The van der Waals surface area contributed by atoms with Crippen molar-refractivity contribution in [2.24, 2.45) is 17.6 Å². The van der Waals surface area contributed by atoms with Gasteiger partial charge in [0, 0.05) is 18.0 Å². The lowest BCUT2D eigenvalue weighted by molar-refractivity contribution is -0.173. The molecule has 1 fully saturated rings. The van der Waals surface area contributed by atoms with Gasteiger partial charge in [0.05, 0.1) is 31.6 Å². The van der Waals surface area contributed by atoms with Gasteiger partial charge in [-0.1, -0.05) is 55.8 Å². The van der Waals surface area contributed by atoms with Crippen molar-refractivity contribution in [2.75, 3.05) is 13.2 Å². The molecule has 200 valence electrons. The van der Waals surface area contributed by atoms with E-state index in [1.807, 2.05) is 43.5 Å². The van der Waals surface area contributed by atoms with Gasteiger partial charge in [-0.25, -0.2) is 4.72 Å². The molecule has 3 rings (SSSR count). The molecule has 0 saturated carbocycles. The summed E-state index contributed by atoms with van der Waals surface area (Å²) in [6.07, 6.45) is 0.105. The summed E-state index contributed by atoms with van der Waals surface area (Å²) in [5.41, 5.74) is 7.47. The van der Waals surface area contributed by atoms with E-state index in [0.717, 1.165) is 11.3 Å². The number of nitrogens with one attached hydrogen (secondary N) is 1. The summed E-state index contributed by atoms with van der Waals surface area (Å²) >= 11 is 0. The van der Waals surface area contributed by atoms with Crippen molar-refractivity contribution in [3.8, 4) is 11.3 Å². The smallest absolute Gasteiger partial charge is 0.362 e. The van der Waals surface area contributed by atoms with Gasteiger partial charge in [-0.3, -0.25) is 13.7 Å². The zero-order valence-electron chi connectivity index (χ0n) is 20.4. The first kappa shape index (κ1) is 28.2. The van der Waals surface area contributed by atoms with Crippen molar-refractivity contribution in [2.45, 2.75) is 64.0 Å². The summed E-state index contributed by atoms with van der Waals surface area (Å²) in [6.45, 7) is 3.69. The topological polar surface area (TPSA) is 179 Å². The third-order valence-corrected chi connectivity index (χ3v) is 7.38. The second-order valence-electron chi connectivity index (χ2n) is 9.10. The monoisotopic (exact) mass is 525 g/mol. The second-order valence-corrected chi connectivity index (χ2v) is 10.5. The number of nitrogens with zero attached hydrogens (tertiary/aromatic N) is 3. The average Bonchev–Trinajstić information content (AvgIpc) is 3.34. The minimum Gasteiger partial charge on any atom is -0.390 e. The Labute approximate surface area is 211 Å².